The summed E-state index contributed by atoms with van der Waals surface area (Å²) >= 11 is 1.28. The number of para-hydroxylation sites is 1. The molecule has 1 atom stereocenters. The first-order valence-corrected chi connectivity index (χ1v) is 7.64. The first-order valence-electron chi connectivity index (χ1n) is 6.82. The van der Waals surface area contributed by atoms with Gasteiger partial charge in [-0.2, -0.15) is 0 Å². The van der Waals surface area contributed by atoms with Crippen molar-refractivity contribution in [1.29, 1.82) is 0 Å². The lowest BCUT2D eigenvalue weighted by molar-refractivity contribution is 0.0930. The van der Waals surface area contributed by atoms with Crippen LogP contribution < -0.4 is 15.8 Å². The first-order chi connectivity index (χ1) is 9.97. The summed E-state index contributed by atoms with van der Waals surface area (Å²) in [4.78, 5) is 12.6. The second kappa shape index (κ2) is 6.63. The van der Waals surface area contributed by atoms with Crippen LogP contribution in [0.25, 0.3) is 0 Å². The number of nitrogens with two attached hydrogens (primary N) is 1. The maximum Gasteiger partial charge on any atom is 0.261 e. The van der Waals surface area contributed by atoms with Gasteiger partial charge in [-0.05, 0) is 44.0 Å². The number of hydrogen-bond donors (Lipinski definition) is 2. The molecule has 2 aromatic rings. The van der Waals surface area contributed by atoms with Crippen LogP contribution in [0.4, 0.5) is 5.00 Å². The topological polar surface area (TPSA) is 64.3 Å². The molecule has 5 heteroatoms. The zero-order chi connectivity index (χ0) is 15.4. The standard InChI is InChI=1S/C16H20N2O2S/c1-10-5-4-6-11(2)15(10)20-9-12(3)18-16(19)13-7-8-14(17)21-13/h4-8,12H,9,17H2,1-3H3,(H,18,19). The molecule has 0 aliphatic heterocycles. The van der Waals surface area contributed by atoms with Gasteiger partial charge >= 0.3 is 0 Å². The normalized spacial score (nSPS) is 12.0. The van der Waals surface area contributed by atoms with E-state index in [0.29, 0.717) is 16.5 Å². The lowest BCUT2D eigenvalue weighted by atomic mass is 10.1. The summed E-state index contributed by atoms with van der Waals surface area (Å²) in [5, 5.41) is 3.55. The number of hydrogen-bond acceptors (Lipinski definition) is 4. The molecule has 0 spiro atoms. The maximum absolute atomic E-state index is 12.0. The minimum Gasteiger partial charge on any atom is -0.491 e. The quantitative estimate of drug-likeness (QED) is 0.892. The molecule has 112 valence electrons. The lowest BCUT2D eigenvalue weighted by Gasteiger charge is -2.17. The van der Waals surface area contributed by atoms with Gasteiger partial charge in [-0.3, -0.25) is 4.79 Å². The van der Waals surface area contributed by atoms with Crippen LogP contribution in [0.1, 0.15) is 27.7 Å². The Morgan fingerprint density at radius 1 is 1.29 bits per heavy atom. The molecule has 1 aromatic carbocycles. The Bertz CT molecular complexity index is 617. The zero-order valence-electron chi connectivity index (χ0n) is 12.5. The Labute approximate surface area is 128 Å². The molecular weight excluding hydrogens is 284 g/mol. The van der Waals surface area contributed by atoms with Gasteiger partial charge in [-0.1, -0.05) is 18.2 Å². The number of benzene rings is 1. The van der Waals surface area contributed by atoms with E-state index in [2.05, 4.69) is 5.32 Å². The van der Waals surface area contributed by atoms with Gasteiger partial charge in [-0.25, -0.2) is 0 Å². The fourth-order valence-corrected chi connectivity index (χ4v) is 2.72. The number of nitrogens with one attached hydrogen (secondary N) is 1. The molecule has 21 heavy (non-hydrogen) atoms. The predicted octanol–water partition coefficient (Wildman–Crippen LogP) is 3.14. The number of carbonyl (C=O) groups is 1. The van der Waals surface area contributed by atoms with Crippen LogP contribution >= 0.6 is 11.3 Å². The number of ether oxygens (including phenoxy) is 1. The molecule has 2 rings (SSSR count). The summed E-state index contributed by atoms with van der Waals surface area (Å²) in [5.74, 6) is 0.772. The van der Waals surface area contributed by atoms with Crippen LogP contribution in [0.2, 0.25) is 0 Å². The average Bonchev–Trinajstić information content (AvgIpc) is 2.85. The monoisotopic (exact) mass is 304 g/mol. The van der Waals surface area contributed by atoms with Gasteiger partial charge in [0.25, 0.3) is 5.91 Å². The molecule has 1 heterocycles. The Morgan fingerprint density at radius 3 is 2.52 bits per heavy atom. The summed E-state index contributed by atoms with van der Waals surface area (Å²) in [6.45, 7) is 6.38. The molecule has 0 fully saturated rings. The molecule has 0 bridgehead atoms. The van der Waals surface area contributed by atoms with Crippen molar-refractivity contribution < 1.29 is 9.53 Å². The highest BCUT2D eigenvalue weighted by Gasteiger charge is 2.13. The maximum atomic E-state index is 12.0. The summed E-state index contributed by atoms with van der Waals surface area (Å²) in [6, 6.07) is 9.41. The van der Waals surface area contributed by atoms with Crippen molar-refractivity contribution in [2.75, 3.05) is 12.3 Å². The van der Waals surface area contributed by atoms with Crippen LogP contribution in [-0.4, -0.2) is 18.6 Å². The van der Waals surface area contributed by atoms with Crippen LogP contribution in [-0.2, 0) is 0 Å². The molecule has 1 aromatic heterocycles. The molecule has 1 unspecified atom stereocenters. The van der Waals surface area contributed by atoms with Gasteiger partial charge in [0, 0.05) is 0 Å². The Balaban J connectivity index is 1.90. The van der Waals surface area contributed by atoms with E-state index in [1.54, 1.807) is 12.1 Å². The van der Waals surface area contributed by atoms with Crippen LogP contribution in [0.5, 0.6) is 5.75 Å². The number of amides is 1. The molecule has 4 nitrogen and oxygen atoms in total. The van der Waals surface area contributed by atoms with Crippen molar-refractivity contribution in [3.8, 4) is 5.75 Å². The Kier molecular flexibility index (Phi) is 4.85. The number of carbonyl (C=O) groups excluding carboxylic acids is 1. The number of aryl methyl sites for hydroxylation is 2. The third-order valence-electron chi connectivity index (χ3n) is 3.11. The summed E-state index contributed by atoms with van der Waals surface area (Å²) < 4.78 is 5.84. The third-order valence-corrected chi connectivity index (χ3v) is 4.03. The van der Waals surface area contributed by atoms with Crippen LogP contribution in [0.15, 0.2) is 30.3 Å². The predicted molar refractivity (Wildman–Crippen MR) is 87.1 cm³/mol. The van der Waals surface area contributed by atoms with Crippen molar-refractivity contribution in [1.82, 2.24) is 5.32 Å². The van der Waals surface area contributed by atoms with E-state index in [1.165, 1.54) is 11.3 Å². The van der Waals surface area contributed by atoms with Gasteiger partial charge in [0.1, 0.15) is 12.4 Å². The SMILES string of the molecule is Cc1cccc(C)c1OCC(C)NC(=O)c1ccc(N)s1. The van der Waals surface area contributed by atoms with Crippen molar-refractivity contribution in [3.05, 3.63) is 46.3 Å². The van der Waals surface area contributed by atoms with E-state index < -0.39 is 0 Å². The minimum absolute atomic E-state index is 0.0835. The van der Waals surface area contributed by atoms with E-state index in [0.717, 1.165) is 16.9 Å². The van der Waals surface area contributed by atoms with E-state index in [9.17, 15) is 4.79 Å². The highest BCUT2D eigenvalue weighted by molar-refractivity contribution is 7.17. The number of nitrogen functional groups attached to an aromatic ring is 1. The summed E-state index contributed by atoms with van der Waals surface area (Å²) in [5.41, 5.74) is 7.82. The van der Waals surface area contributed by atoms with E-state index in [-0.39, 0.29) is 11.9 Å². The van der Waals surface area contributed by atoms with E-state index in [4.69, 9.17) is 10.5 Å². The van der Waals surface area contributed by atoms with Gasteiger partial charge in [0.15, 0.2) is 0 Å². The van der Waals surface area contributed by atoms with Gasteiger partial charge < -0.3 is 15.8 Å². The molecule has 0 saturated carbocycles. The van der Waals surface area contributed by atoms with Crippen LogP contribution in [0.3, 0.4) is 0 Å². The van der Waals surface area contributed by atoms with Crippen molar-refractivity contribution in [3.63, 3.8) is 0 Å². The zero-order valence-corrected chi connectivity index (χ0v) is 13.3. The number of rotatable bonds is 5. The average molecular weight is 304 g/mol. The van der Waals surface area contributed by atoms with E-state index >= 15 is 0 Å². The second-order valence-electron chi connectivity index (χ2n) is 5.11. The first kappa shape index (κ1) is 15.4. The fraction of sp³-hybridized carbons (Fsp3) is 0.312. The molecule has 1 amide bonds. The van der Waals surface area contributed by atoms with Crippen LogP contribution in [0, 0.1) is 13.8 Å². The summed E-state index contributed by atoms with van der Waals surface area (Å²) in [7, 11) is 0. The molecule has 0 aliphatic carbocycles. The molecule has 0 saturated heterocycles. The molecule has 0 aliphatic rings. The van der Waals surface area contributed by atoms with Gasteiger partial charge in [0.2, 0.25) is 0 Å². The van der Waals surface area contributed by atoms with Gasteiger partial charge in [-0.15, -0.1) is 11.3 Å². The number of thiophene rings is 1. The molecule has 0 radical (unpaired) electrons. The van der Waals surface area contributed by atoms with E-state index in [1.807, 2.05) is 39.0 Å². The van der Waals surface area contributed by atoms with Crippen molar-refractivity contribution >= 4 is 22.2 Å². The minimum atomic E-state index is -0.116. The summed E-state index contributed by atoms with van der Waals surface area (Å²) in [6.07, 6.45) is 0. The highest BCUT2D eigenvalue weighted by atomic mass is 32.1. The smallest absolute Gasteiger partial charge is 0.261 e. The molecule has 3 N–H and O–H groups in total. The van der Waals surface area contributed by atoms with Gasteiger partial charge in [0.05, 0.1) is 15.9 Å². The van der Waals surface area contributed by atoms with Crippen molar-refractivity contribution in [2.24, 2.45) is 0 Å². The highest BCUT2D eigenvalue weighted by Crippen LogP contribution is 2.22. The Hall–Kier alpha value is -2.01. The largest absolute Gasteiger partial charge is 0.491 e. The lowest BCUT2D eigenvalue weighted by Crippen LogP contribution is -2.36. The number of anilines is 1. The fourth-order valence-electron chi connectivity index (χ4n) is 2.05. The Morgan fingerprint density at radius 2 is 1.95 bits per heavy atom. The third kappa shape index (κ3) is 3.98. The second-order valence-corrected chi connectivity index (χ2v) is 6.22. The molecular formula is C16H20N2O2S. The van der Waals surface area contributed by atoms with Crippen molar-refractivity contribution in [2.45, 2.75) is 26.8 Å².